The Kier molecular flexibility index (Phi) is 3.96. The van der Waals surface area contributed by atoms with Crippen LogP contribution in [0, 0.1) is 16.4 Å². The summed E-state index contributed by atoms with van der Waals surface area (Å²) in [5.41, 5.74) is 0.00328. The predicted octanol–water partition coefficient (Wildman–Crippen LogP) is 1.92. The van der Waals surface area contributed by atoms with Crippen molar-refractivity contribution in [1.82, 2.24) is 9.55 Å². The topological polar surface area (TPSA) is 52.0 Å². The predicted molar refractivity (Wildman–Crippen MR) is 72.9 cm³/mol. The number of hydrogen-bond donors (Lipinski definition) is 0. The van der Waals surface area contributed by atoms with Crippen LogP contribution in [0.25, 0.3) is 0 Å². The molecule has 0 N–H and O–H groups in total. The van der Waals surface area contributed by atoms with Crippen LogP contribution in [0.1, 0.15) is 31.5 Å². The molecule has 0 saturated heterocycles. The highest BCUT2D eigenvalue weighted by atomic mass is 127. The Morgan fingerprint density at radius 3 is 2.94 bits per heavy atom. The molecule has 0 aromatic carbocycles. The van der Waals surface area contributed by atoms with Crippen molar-refractivity contribution in [2.24, 2.45) is 5.92 Å². The van der Waals surface area contributed by atoms with E-state index in [2.05, 4.69) is 4.98 Å². The molecular weight excluding hydrogens is 331 g/mol. The zero-order chi connectivity index (χ0) is 12.4. The third-order valence-electron chi connectivity index (χ3n) is 3.34. The minimum absolute atomic E-state index is 0.00328. The number of aryl methyl sites for hydroxylation is 1. The van der Waals surface area contributed by atoms with E-state index in [0.29, 0.717) is 22.3 Å². The van der Waals surface area contributed by atoms with Gasteiger partial charge in [0.15, 0.2) is 0 Å². The van der Waals surface area contributed by atoms with E-state index in [1.54, 1.807) is 10.8 Å². The van der Waals surface area contributed by atoms with Gasteiger partial charge in [-0.3, -0.25) is 14.2 Å². The normalized spacial score (nSPS) is 19.9. The maximum atomic E-state index is 11.9. The van der Waals surface area contributed by atoms with Crippen LogP contribution in [0.3, 0.4) is 0 Å². The van der Waals surface area contributed by atoms with Gasteiger partial charge in [0.2, 0.25) is 0 Å². The molecule has 1 unspecified atom stereocenters. The van der Waals surface area contributed by atoms with Crippen molar-refractivity contribution in [3.05, 3.63) is 25.9 Å². The number of halogens is 1. The fourth-order valence-corrected chi connectivity index (χ4v) is 2.72. The Labute approximate surface area is 114 Å². The maximum Gasteiger partial charge on any atom is 0.266 e. The third-order valence-corrected chi connectivity index (χ3v) is 4.08. The number of ketones is 1. The number of aromatic nitrogens is 2. The Balaban J connectivity index is 2.11. The van der Waals surface area contributed by atoms with Crippen LogP contribution in [0.4, 0.5) is 0 Å². The summed E-state index contributed by atoms with van der Waals surface area (Å²) in [6.45, 7) is 2.43. The summed E-state index contributed by atoms with van der Waals surface area (Å²) < 4.78 is 2.30. The average molecular weight is 346 g/mol. The lowest BCUT2D eigenvalue weighted by atomic mass is 10.0. The van der Waals surface area contributed by atoms with Gasteiger partial charge >= 0.3 is 0 Å². The van der Waals surface area contributed by atoms with Gasteiger partial charge in [0, 0.05) is 25.1 Å². The number of carbonyl (C=O) groups excluding carboxylic acids is 1. The summed E-state index contributed by atoms with van der Waals surface area (Å²) in [4.78, 5) is 27.6. The molecule has 17 heavy (non-hydrogen) atoms. The zero-order valence-corrected chi connectivity index (χ0v) is 11.9. The van der Waals surface area contributed by atoms with Gasteiger partial charge in [-0.25, -0.2) is 4.98 Å². The zero-order valence-electron chi connectivity index (χ0n) is 9.78. The highest BCUT2D eigenvalue weighted by molar-refractivity contribution is 14.1. The van der Waals surface area contributed by atoms with E-state index in [-0.39, 0.29) is 11.5 Å². The highest BCUT2D eigenvalue weighted by Crippen LogP contribution is 2.24. The highest BCUT2D eigenvalue weighted by Gasteiger charge is 2.24. The smallest absolute Gasteiger partial charge is 0.266 e. The molecule has 1 aromatic rings. The maximum absolute atomic E-state index is 11.9. The molecule has 1 atom stereocenters. The first-order valence-corrected chi connectivity index (χ1v) is 6.92. The van der Waals surface area contributed by atoms with Gasteiger partial charge in [-0.15, -0.1) is 0 Å². The van der Waals surface area contributed by atoms with Gasteiger partial charge in [0.1, 0.15) is 11.6 Å². The van der Waals surface area contributed by atoms with Crippen molar-refractivity contribution in [3.63, 3.8) is 0 Å². The Hall–Kier alpha value is -0.720. The van der Waals surface area contributed by atoms with Gasteiger partial charge < -0.3 is 0 Å². The Morgan fingerprint density at radius 1 is 1.53 bits per heavy atom. The van der Waals surface area contributed by atoms with Crippen molar-refractivity contribution in [2.45, 2.75) is 39.2 Å². The third kappa shape index (κ3) is 2.75. The molecule has 0 radical (unpaired) electrons. The molecule has 1 fully saturated rings. The minimum Gasteiger partial charge on any atom is -0.299 e. The van der Waals surface area contributed by atoms with Crippen molar-refractivity contribution in [3.8, 4) is 0 Å². The molecule has 0 spiro atoms. The second kappa shape index (κ2) is 5.29. The summed E-state index contributed by atoms with van der Waals surface area (Å²) in [6.07, 6.45) is 5.05. The van der Waals surface area contributed by atoms with Crippen molar-refractivity contribution in [1.29, 1.82) is 0 Å². The number of hydrogen-bond acceptors (Lipinski definition) is 3. The first-order chi connectivity index (χ1) is 8.09. The van der Waals surface area contributed by atoms with Crippen LogP contribution < -0.4 is 5.56 Å². The molecule has 4 nitrogen and oxygen atoms in total. The quantitative estimate of drug-likeness (QED) is 0.786. The number of rotatable bonds is 3. The lowest BCUT2D eigenvalue weighted by Crippen LogP contribution is -2.27. The molecule has 1 saturated carbocycles. The van der Waals surface area contributed by atoms with E-state index in [4.69, 9.17) is 0 Å². The first kappa shape index (κ1) is 12.7. The number of Topliss-reactive ketones (excluding diaryl/α,β-unsaturated/α-hetero) is 1. The molecule has 2 rings (SSSR count). The molecule has 5 heteroatoms. The van der Waals surface area contributed by atoms with E-state index in [9.17, 15) is 9.59 Å². The molecule has 1 aliphatic carbocycles. The van der Waals surface area contributed by atoms with Gasteiger partial charge in [-0.05, 0) is 48.8 Å². The fraction of sp³-hybridized carbons (Fsp3) is 0.583. The standard InChI is InChI=1S/C12H15IN2O2/c1-8-14-7-10(13)12(17)15(8)6-5-9-3-2-4-11(9)16/h7,9H,2-6H2,1H3. The molecule has 92 valence electrons. The van der Waals surface area contributed by atoms with Crippen LogP contribution in [-0.4, -0.2) is 15.3 Å². The summed E-state index contributed by atoms with van der Waals surface area (Å²) in [5, 5.41) is 0. The first-order valence-electron chi connectivity index (χ1n) is 5.84. The monoisotopic (exact) mass is 346 g/mol. The molecule has 1 aromatic heterocycles. The lowest BCUT2D eigenvalue weighted by Gasteiger charge is -2.12. The average Bonchev–Trinajstić information content (AvgIpc) is 2.70. The second-order valence-corrected chi connectivity index (χ2v) is 5.62. The van der Waals surface area contributed by atoms with Gasteiger partial charge in [-0.1, -0.05) is 0 Å². The fourth-order valence-electron chi connectivity index (χ4n) is 2.29. The lowest BCUT2D eigenvalue weighted by molar-refractivity contribution is -0.120. The molecule has 1 aliphatic rings. The van der Waals surface area contributed by atoms with Gasteiger partial charge in [-0.2, -0.15) is 0 Å². The van der Waals surface area contributed by atoms with Crippen LogP contribution in [0.2, 0.25) is 0 Å². The van der Waals surface area contributed by atoms with Crippen LogP contribution in [0.15, 0.2) is 11.0 Å². The van der Waals surface area contributed by atoms with Gasteiger partial charge in [0.05, 0.1) is 3.57 Å². The molecule has 1 heterocycles. The Bertz CT molecular complexity index is 496. The minimum atomic E-state index is 0.00328. The SMILES string of the molecule is Cc1ncc(I)c(=O)n1CCC1CCCC1=O. The van der Waals surface area contributed by atoms with E-state index < -0.39 is 0 Å². The Morgan fingerprint density at radius 2 is 2.29 bits per heavy atom. The molecule has 0 bridgehead atoms. The summed E-state index contributed by atoms with van der Waals surface area (Å²) in [5.74, 6) is 1.23. The molecule has 0 amide bonds. The van der Waals surface area contributed by atoms with Crippen LogP contribution in [-0.2, 0) is 11.3 Å². The van der Waals surface area contributed by atoms with Crippen LogP contribution in [0.5, 0.6) is 0 Å². The van der Waals surface area contributed by atoms with E-state index in [1.807, 2.05) is 29.5 Å². The van der Waals surface area contributed by atoms with Crippen molar-refractivity contribution < 1.29 is 4.79 Å². The van der Waals surface area contributed by atoms with Crippen molar-refractivity contribution >= 4 is 28.4 Å². The summed E-state index contributed by atoms with van der Waals surface area (Å²) >= 11 is 2.00. The van der Waals surface area contributed by atoms with E-state index >= 15 is 0 Å². The van der Waals surface area contributed by atoms with Gasteiger partial charge in [0.25, 0.3) is 5.56 Å². The van der Waals surface area contributed by atoms with Crippen molar-refractivity contribution in [2.75, 3.05) is 0 Å². The second-order valence-electron chi connectivity index (χ2n) is 4.45. The summed E-state index contributed by atoms with van der Waals surface area (Å²) in [7, 11) is 0. The van der Waals surface area contributed by atoms with E-state index in [1.165, 1.54) is 0 Å². The summed E-state index contributed by atoms with van der Waals surface area (Å²) in [6, 6.07) is 0. The molecular formula is C12H15IN2O2. The van der Waals surface area contributed by atoms with Crippen LogP contribution >= 0.6 is 22.6 Å². The number of carbonyl (C=O) groups is 1. The number of nitrogens with zero attached hydrogens (tertiary/aromatic N) is 2. The molecule has 0 aliphatic heterocycles. The largest absolute Gasteiger partial charge is 0.299 e. The van der Waals surface area contributed by atoms with E-state index in [0.717, 1.165) is 25.1 Å².